The maximum absolute atomic E-state index is 12.6. The van der Waals surface area contributed by atoms with Crippen molar-refractivity contribution < 1.29 is 4.79 Å². The number of nitrogens with one attached hydrogen (secondary N) is 1. The van der Waals surface area contributed by atoms with Gasteiger partial charge in [0.15, 0.2) is 0 Å². The summed E-state index contributed by atoms with van der Waals surface area (Å²) in [7, 11) is 0. The Morgan fingerprint density at radius 3 is 2.04 bits per heavy atom. The van der Waals surface area contributed by atoms with Gasteiger partial charge in [0, 0.05) is 30.4 Å². The molecule has 0 saturated carbocycles. The normalized spacial score (nSPS) is 10.8. The van der Waals surface area contributed by atoms with Gasteiger partial charge in [-0.1, -0.05) is 84.9 Å². The maximum atomic E-state index is 12.6. The fourth-order valence-corrected chi connectivity index (χ4v) is 4.21. The summed E-state index contributed by atoms with van der Waals surface area (Å²) in [5.41, 5.74) is 5.05. The largest absolute Gasteiger partial charge is 0.355 e. The third-order valence-electron chi connectivity index (χ3n) is 4.88. The molecule has 0 aromatic heterocycles. The van der Waals surface area contributed by atoms with Gasteiger partial charge in [0.05, 0.1) is 0 Å². The Labute approximate surface area is 172 Å². The van der Waals surface area contributed by atoms with Gasteiger partial charge in [0.25, 0.3) is 0 Å². The van der Waals surface area contributed by atoms with E-state index in [1.54, 1.807) is 0 Å². The van der Waals surface area contributed by atoms with E-state index in [9.17, 15) is 4.79 Å². The molecule has 0 radical (unpaired) electrons. The van der Waals surface area contributed by atoms with Gasteiger partial charge in [0.1, 0.15) is 0 Å². The van der Waals surface area contributed by atoms with Gasteiger partial charge in [-0.3, -0.25) is 4.79 Å². The van der Waals surface area contributed by atoms with E-state index in [1.165, 1.54) is 22.3 Å². The third-order valence-corrected chi connectivity index (χ3v) is 5.89. The Morgan fingerprint density at radius 2 is 1.43 bits per heavy atom. The molecule has 0 bridgehead atoms. The fourth-order valence-electron chi connectivity index (χ4n) is 3.27. The summed E-state index contributed by atoms with van der Waals surface area (Å²) in [6.45, 7) is 2.84. The van der Waals surface area contributed by atoms with Crippen molar-refractivity contribution in [1.29, 1.82) is 0 Å². The van der Waals surface area contributed by atoms with Crippen LogP contribution in [0.5, 0.6) is 0 Å². The van der Waals surface area contributed by atoms with Gasteiger partial charge in [-0.2, -0.15) is 11.8 Å². The van der Waals surface area contributed by atoms with E-state index in [-0.39, 0.29) is 11.8 Å². The summed E-state index contributed by atoms with van der Waals surface area (Å²) < 4.78 is 0. The van der Waals surface area contributed by atoms with Crippen LogP contribution in [0.15, 0.2) is 84.9 Å². The first-order chi connectivity index (χ1) is 13.7. The van der Waals surface area contributed by atoms with Crippen molar-refractivity contribution in [3.63, 3.8) is 0 Å². The highest BCUT2D eigenvalue weighted by atomic mass is 32.2. The summed E-state index contributed by atoms with van der Waals surface area (Å²) in [6.07, 6.45) is 0.469. The van der Waals surface area contributed by atoms with Crippen molar-refractivity contribution in [3.8, 4) is 0 Å². The second kappa shape index (κ2) is 10.7. The Hall–Kier alpha value is -2.52. The number of aryl methyl sites for hydroxylation is 1. The molecule has 0 aliphatic heterocycles. The van der Waals surface area contributed by atoms with Crippen LogP contribution in [0, 0.1) is 6.92 Å². The minimum absolute atomic E-state index is 0.0852. The summed E-state index contributed by atoms with van der Waals surface area (Å²) in [6, 6.07) is 29.0. The van der Waals surface area contributed by atoms with Crippen LogP contribution < -0.4 is 5.32 Å². The molecule has 0 fully saturated rings. The monoisotopic (exact) mass is 389 g/mol. The summed E-state index contributed by atoms with van der Waals surface area (Å²) in [4.78, 5) is 12.6. The van der Waals surface area contributed by atoms with E-state index in [0.29, 0.717) is 13.0 Å². The standard InChI is InChI=1S/C25H27NOS/c1-20-10-8-9-15-23(20)19-28-17-16-26-25(27)18-24(21-11-4-2-5-12-21)22-13-6-3-7-14-22/h2-15,24H,16-19H2,1H3,(H,26,27). The van der Waals surface area contributed by atoms with E-state index >= 15 is 0 Å². The molecular formula is C25H27NOS. The van der Waals surface area contributed by atoms with Crippen molar-refractivity contribution in [3.05, 3.63) is 107 Å². The number of carbonyl (C=O) groups is 1. The van der Waals surface area contributed by atoms with E-state index < -0.39 is 0 Å². The van der Waals surface area contributed by atoms with E-state index in [2.05, 4.69) is 60.8 Å². The number of carbonyl (C=O) groups excluding carboxylic acids is 1. The van der Waals surface area contributed by atoms with Gasteiger partial charge in [-0.05, 0) is 29.2 Å². The molecule has 3 rings (SSSR count). The molecule has 1 amide bonds. The Kier molecular flexibility index (Phi) is 7.74. The van der Waals surface area contributed by atoms with Crippen molar-refractivity contribution in [2.45, 2.75) is 25.0 Å². The second-order valence-electron chi connectivity index (χ2n) is 6.91. The highest BCUT2D eigenvalue weighted by molar-refractivity contribution is 7.98. The van der Waals surface area contributed by atoms with Crippen LogP contribution in [-0.4, -0.2) is 18.2 Å². The van der Waals surface area contributed by atoms with Crippen LogP contribution in [0.3, 0.4) is 0 Å². The number of hydrogen-bond donors (Lipinski definition) is 1. The molecule has 3 aromatic rings. The number of rotatable bonds is 9. The Morgan fingerprint density at radius 1 is 0.857 bits per heavy atom. The number of amides is 1. The molecule has 0 heterocycles. The zero-order valence-corrected chi connectivity index (χ0v) is 17.1. The lowest BCUT2D eigenvalue weighted by atomic mass is 9.88. The number of hydrogen-bond acceptors (Lipinski definition) is 2. The van der Waals surface area contributed by atoms with Crippen LogP contribution in [-0.2, 0) is 10.5 Å². The van der Waals surface area contributed by atoms with Gasteiger partial charge in [0.2, 0.25) is 5.91 Å². The highest BCUT2D eigenvalue weighted by Gasteiger charge is 2.17. The fraction of sp³-hybridized carbons (Fsp3) is 0.240. The predicted octanol–water partition coefficient (Wildman–Crippen LogP) is 5.57. The summed E-state index contributed by atoms with van der Waals surface area (Å²) >= 11 is 1.86. The average molecular weight is 390 g/mol. The van der Waals surface area contributed by atoms with Crippen LogP contribution >= 0.6 is 11.8 Å². The summed E-state index contributed by atoms with van der Waals surface area (Å²) in [5.74, 6) is 2.09. The van der Waals surface area contributed by atoms with E-state index in [0.717, 1.165) is 11.5 Å². The number of benzene rings is 3. The van der Waals surface area contributed by atoms with Crippen LogP contribution in [0.25, 0.3) is 0 Å². The molecule has 0 saturated heterocycles. The first kappa shape index (κ1) is 20.2. The smallest absolute Gasteiger partial charge is 0.220 e. The Bertz CT molecular complexity index is 824. The molecular weight excluding hydrogens is 362 g/mol. The zero-order valence-electron chi connectivity index (χ0n) is 16.3. The first-order valence-electron chi connectivity index (χ1n) is 9.73. The van der Waals surface area contributed by atoms with Crippen molar-refractivity contribution in [2.75, 3.05) is 12.3 Å². The van der Waals surface area contributed by atoms with Crippen LogP contribution in [0.2, 0.25) is 0 Å². The molecule has 2 nitrogen and oxygen atoms in total. The lowest BCUT2D eigenvalue weighted by Crippen LogP contribution is -2.27. The molecule has 0 aliphatic rings. The predicted molar refractivity (Wildman–Crippen MR) is 120 cm³/mol. The average Bonchev–Trinajstić information content (AvgIpc) is 2.74. The van der Waals surface area contributed by atoms with E-state index in [4.69, 9.17) is 0 Å². The second-order valence-corrected chi connectivity index (χ2v) is 8.01. The van der Waals surface area contributed by atoms with Crippen LogP contribution in [0.4, 0.5) is 0 Å². The van der Waals surface area contributed by atoms with Crippen molar-refractivity contribution in [2.24, 2.45) is 0 Å². The molecule has 1 N–H and O–H groups in total. The molecule has 0 aliphatic carbocycles. The highest BCUT2D eigenvalue weighted by Crippen LogP contribution is 2.27. The molecule has 0 atom stereocenters. The van der Waals surface area contributed by atoms with Crippen molar-refractivity contribution in [1.82, 2.24) is 5.32 Å². The molecule has 28 heavy (non-hydrogen) atoms. The molecule has 0 spiro atoms. The third kappa shape index (κ3) is 6.00. The van der Waals surface area contributed by atoms with E-state index in [1.807, 2.05) is 48.2 Å². The first-order valence-corrected chi connectivity index (χ1v) is 10.9. The molecule has 3 aromatic carbocycles. The molecule has 0 unspecified atom stereocenters. The topological polar surface area (TPSA) is 29.1 Å². The summed E-state index contributed by atoms with van der Waals surface area (Å²) in [5, 5.41) is 3.09. The molecule has 144 valence electrons. The minimum Gasteiger partial charge on any atom is -0.355 e. The van der Waals surface area contributed by atoms with Gasteiger partial charge in [-0.25, -0.2) is 0 Å². The van der Waals surface area contributed by atoms with Crippen LogP contribution in [0.1, 0.15) is 34.6 Å². The van der Waals surface area contributed by atoms with Crippen molar-refractivity contribution >= 4 is 17.7 Å². The van der Waals surface area contributed by atoms with Gasteiger partial charge >= 0.3 is 0 Å². The quantitative estimate of drug-likeness (QED) is 0.485. The molecule has 3 heteroatoms. The lowest BCUT2D eigenvalue weighted by Gasteiger charge is -2.18. The maximum Gasteiger partial charge on any atom is 0.220 e. The van der Waals surface area contributed by atoms with Gasteiger partial charge < -0.3 is 5.32 Å². The minimum atomic E-state index is 0.0852. The Balaban J connectivity index is 1.50. The SMILES string of the molecule is Cc1ccccc1CSCCNC(=O)CC(c1ccccc1)c1ccccc1. The van der Waals surface area contributed by atoms with Gasteiger partial charge in [-0.15, -0.1) is 0 Å². The lowest BCUT2D eigenvalue weighted by molar-refractivity contribution is -0.121. The number of thioether (sulfide) groups is 1. The zero-order chi connectivity index (χ0) is 19.6.